The number of nitrogen functional groups attached to an aromatic ring is 2. The molecule has 0 radical (unpaired) electrons. The number of nitrogens with zero attached hydrogens (tertiary/aromatic N) is 2. The normalized spacial score (nSPS) is 10.9. The molecule has 2 aromatic heterocycles. The van der Waals surface area contributed by atoms with E-state index in [0.717, 1.165) is 0 Å². The first-order valence-corrected chi connectivity index (χ1v) is 6.17. The molecular formula is C12H10N4OS. The summed E-state index contributed by atoms with van der Waals surface area (Å²) in [4.78, 5) is 12.3. The maximum atomic E-state index is 12.3. The lowest BCUT2D eigenvalue weighted by Crippen LogP contribution is -2.22. The van der Waals surface area contributed by atoms with Gasteiger partial charge < -0.3 is 11.5 Å². The predicted octanol–water partition coefficient (Wildman–Crippen LogP) is 1.61. The van der Waals surface area contributed by atoms with E-state index in [1.165, 1.54) is 16.0 Å². The summed E-state index contributed by atoms with van der Waals surface area (Å²) in [7, 11) is 0. The van der Waals surface area contributed by atoms with Gasteiger partial charge >= 0.3 is 0 Å². The highest BCUT2D eigenvalue weighted by atomic mass is 32.1. The number of rotatable bonds is 1. The van der Waals surface area contributed by atoms with Crippen molar-refractivity contribution in [3.63, 3.8) is 0 Å². The maximum Gasteiger partial charge on any atom is 0.282 e. The lowest BCUT2D eigenvalue weighted by molar-refractivity contribution is 0.829. The molecule has 0 amide bonds. The first-order chi connectivity index (χ1) is 8.68. The van der Waals surface area contributed by atoms with Crippen molar-refractivity contribution in [2.45, 2.75) is 0 Å². The Kier molecular flexibility index (Phi) is 2.31. The molecule has 1 aromatic carbocycles. The first kappa shape index (κ1) is 10.8. The van der Waals surface area contributed by atoms with Gasteiger partial charge in [-0.25, -0.2) is 0 Å². The summed E-state index contributed by atoms with van der Waals surface area (Å²) in [5.41, 5.74) is 12.1. The van der Waals surface area contributed by atoms with E-state index >= 15 is 0 Å². The van der Waals surface area contributed by atoms with Gasteiger partial charge in [0.2, 0.25) is 0 Å². The van der Waals surface area contributed by atoms with E-state index < -0.39 is 0 Å². The highest BCUT2D eigenvalue weighted by molar-refractivity contribution is 7.15. The summed E-state index contributed by atoms with van der Waals surface area (Å²) in [5, 5.41) is 7.40. The average molecular weight is 258 g/mol. The van der Waals surface area contributed by atoms with Gasteiger partial charge in [-0.3, -0.25) is 4.79 Å². The summed E-state index contributed by atoms with van der Waals surface area (Å²) < 4.78 is 1.28. The van der Waals surface area contributed by atoms with Crippen LogP contribution in [0.4, 0.5) is 10.8 Å². The van der Waals surface area contributed by atoms with Gasteiger partial charge in [-0.1, -0.05) is 18.2 Å². The molecule has 3 aromatic rings. The number of nitrogens with two attached hydrogens (primary N) is 2. The van der Waals surface area contributed by atoms with Gasteiger partial charge in [0.15, 0.2) is 5.82 Å². The quantitative estimate of drug-likeness (QED) is 0.694. The van der Waals surface area contributed by atoms with Crippen LogP contribution in [-0.4, -0.2) is 9.78 Å². The topological polar surface area (TPSA) is 86.9 Å². The number of anilines is 2. The second-order valence-electron chi connectivity index (χ2n) is 3.83. The monoisotopic (exact) mass is 258 g/mol. The Hall–Kier alpha value is -2.34. The Morgan fingerprint density at radius 2 is 1.89 bits per heavy atom. The van der Waals surface area contributed by atoms with Gasteiger partial charge in [0.05, 0.1) is 16.1 Å². The van der Waals surface area contributed by atoms with Crippen molar-refractivity contribution in [2.24, 2.45) is 0 Å². The Bertz CT molecular complexity index is 776. The molecule has 3 rings (SSSR count). The van der Waals surface area contributed by atoms with Crippen LogP contribution in [-0.2, 0) is 0 Å². The molecule has 90 valence electrons. The van der Waals surface area contributed by atoms with E-state index in [1.54, 1.807) is 17.5 Å². The van der Waals surface area contributed by atoms with E-state index in [2.05, 4.69) is 5.10 Å². The molecule has 0 saturated carbocycles. The van der Waals surface area contributed by atoms with Crippen LogP contribution in [0.5, 0.6) is 0 Å². The average Bonchev–Trinajstić information content (AvgIpc) is 2.78. The summed E-state index contributed by atoms with van der Waals surface area (Å²) in [6, 6.07) is 9.13. The van der Waals surface area contributed by atoms with E-state index in [-0.39, 0.29) is 5.56 Å². The van der Waals surface area contributed by atoms with E-state index in [1.807, 2.05) is 18.2 Å². The molecule has 0 atom stereocenters. The minimum absolute atomic E-state index is 0.246. The maximum absolute atomic E-state index is 12.3. The number of thiophene rings is 1. The van der Waals surface area contributed by atoms with Crippen molar-refractivity contribution in [1.82, 2.24) is 9.78 Å². The van der Waals surface area contributed by atoms with E-state index in [4.69, 9.17) is 11.5 Å². The molecule has 2 heterocycles. The van der Waals surface area contributed by atoms with Gasteiger partial charge in [-0.05, 0) is 12.1 Å². The highest BCUT2D eigenvalue weighted by Crippen LogP contribution is 2.28. The molecule has 0 bridgehead atoms. The van der Waals surface area contributed by atoms with Crippen molar-refractivity contribution >= 4 is 32.9 Å². The molecule has 4 N–H and O–H groups in total. The fourth-order valence-electron chi connectivity index (χ4n) is 1.84. The second-order valence-corrected chi connectivity index (χ2v) is 4.74. The first-order valence-electron chi connectivity index (χ1n) is 5.29. The Morgan fingerprint density at radius 1 is 1.17 bits per heavy atom. The van der Waals surface area contributed by atoms with Gasteiger partial charge in [-0.2, -0.15) is 4.68 Å². The summed E-state index contributed by atoms with van der Waals surface area (Å²) in [5.74, 6) is 0.307. The van der Waals surface area contributed by atoms with Gasteiger partial charge in [-0.15, -0.1) is 16.4 Å². The molecule has 0 saturated heterocycles. The zero-order valence-electron chi connectivity index (χ0n) is 9.33. The number of fused-ring (bicyclic) bond motifs is 1. The van der Waals surface area contributed by atoms with Crippen LogP contribution in [0.1, 0.15) is 0 Å². The van der Waals surface area contributed by atoms with Crippen LogP contribution in [0, 0.1) is 0 Å². The van der Waals surface area contributed by atoms with Crippen molar-refractivity contribution in [2.75, 3.05) is 11.5 Å². The number of hydrogen-bond donors (Lipinski definition) is 2. The number of hydrogen-bond acceptors (Lipinski definition) is 5. The lowest BCUT2D eigenvalue weighted by Gasteiger charge is -2.06. The van der Waals surface area contributed by atoms with E-state index in [0.29, 0.717) is 27.3 Å². The fourth-order valence-corrected chi connectivity index (χ4v) is 2.64. The molecule has 0 spiro atoms. The van der Waals surface area contributed by atoms with Gasteiger partial charge in [0.1, 0.15) is 0 Å². The molecule has 18 heavy (non-hydrogen) atoms. The summed E-state index contributed by atoms with van der Waals surface area (Å²) in [6.07, 6.45) is 0. The summed E-state index contributed by atoms with van der Waals surface area (Å²) >= 11 is 1.29. The zero-order chi connectivity index (χ0) is 12.7. The molecule has 0 fully saturated rings. The molecule has 5 nitrogen and oxygen atoms in total. The number of aromatic nitrogens is 2. The van der Waals surface area contributed by atoms with Crippen molar-refractivity contribution in [3.05, 3.63) is 46.1 Å². The Morgan fingerprint density at radius 3 is 2.61 bits per heavy atom. The zero-order valence-corrected chi connectivity index (χ0v) is 10.1. The molecular weight excluding hydrogens is 248 g/mol. The highest BCUT2D eigenvalue weighted by Gasteiger charge is 2.13. The third-order valence-corrected chi connectivity index (χ3v) is 3.52. The Balaban J connectivity index is 2.42. The second kappa shape index (κ2) is 3.85. The standard InChI is InChI=1S/C12H10N4OS/c13-10-8-6-18-11(14)9(8)12(17)16(15-10)7-4-2-1-3-5-7/h1-6H,14H2,(H2,13,15). The molecule has 0 aliphatic rings. The third-order valence-electron chi connectivity index (χ3n) is 2.71. The predicted molar refractivity (Wildman–Crippen MR) is 74.0 cm³/mol. The minimum Gasteiger partial charge on any atom is -0.390 e. The number of benzene rings is 1. The lowest BCUT2D eigenvalue weighted by atomic mass is 10.2. The molecule has 0 aliphatic carbocycles. The van der Waals surface area contributed by atoms with Crippen LogP contribution in [0.15, 0.2) is 40.5 Å². The van der Waals surface area contributed by atoms with Crippen LogP contribution in [0.3, 0.4) is 0 Å². The van der Waals surface area contributed by atoms with Crippen LogP contribution >= 0.6 is 11.3 Å². The van der Waals surface area contributed by atoms with Crippen molar-refractivity contribution in [3.8, 4) is 5.69 Å². The van der Waals surface area contributed by atoms with Crippen molar-refractivity contribution in [1.29, 1.82) is 0 Å². The minimum atomic E-state index is -0.246. The molecule has 6 heteroatoms. The summed E-state index contributed by atoms with van der Waals surface area (Å²) in [6.45, 7) is 0. The Labute approximate surface area is 106 Å². The molecule has 0 aliphatic heterocycles. The van der Waals surface area contributed by atoms with E-state index in [9.17, 15) is 4.79 Å². The van der Waals surface area contributed by atoms with Gasteiger partial charge in [0, 0.05) is 10.8 Å². The van der Waals surface area contributed by atoms with Crippen molar-refractivity contribution < 1.29 is 0 Å². The number of para-hydroxylation sites is 1. The van der Waals surface area contributed by atoms with Gasteiger partial charge in [0.25, 0.3) is 5.56 Å². The third kappa shape index (κ3) is 1.46. The smallest absolute Gasteiger partial charge is 0.282 e. The SMILES string of the molecule is Nc1nn(-c2ccccc2)c(=O)c2c(N)scc12. The molecule has 0 unspecified atom stereocenters. The fraction of sp³-hybridized carbons (Fsp3) is 0. The van der Waals surface area contributed by atoms with Crippen LogP contribution < -0.4 is 17.0 Å². The largest absolute Gasteiger partial charge is 0.390 e. The van der Waals surface area contributed by atoms with Crippen LogP contribution in [0.25, 0.3) is 16.5 Å². The van der Waals surface area contributed by atoms with Crippen LogP contribution in [0.2, 0.25) is 0 Å².